The van der Waals surface area contributed by atoms with E-state index in [0.29, 0.717) is 17.5 Å². The van der Waals surface area contributed by atoms with Crippen molar-refractivity contribution < 1.29 is 13.8 Å². The van der Waals surface area contributed by atoms with Crippen LogP contribution in [-0.4, -0.2) is 20.3 Å². The van der Waals surface area contributed by atoms with Crippen LogP contribution in [-0.2, 0) is 13.0 Å². The average molecular weight is 224 g/mol. The highest BCUT2D eigenvalue weighted by Crippen LogP contribution is 2.08. The van der Waals surface area contributed by atoms with Crippen LogP contribution in [0.25, 0.3) is 0 Å². The lowest BCUT2D eigenvalue weighted by atomic mass is 10.3. The Balaban J connectivity index is 1.89. The maximum absolute atomic E-state index is 5.17. The Labute approximate surface area is 91.8 Å². The monoisotopic (exact) mass is 224 g/mol. The fourth-order valence-corrected chi connectivity index (χ4v) is 1.13. The number of rotatable bonds is 5. The molecule has 0 bridgehead atoms. The Kier molecular flexibility index (Phi) is 3.13. The van der Waals surface area contributed by atoms with Crippen LogP contribution >= 0.6 is 0 Å². The van der Waals surface area contributed by atoms with Gasteiger partial charge in [-0.15, -0.1) is 0 Å². The van der Waals surface area contributed by atoms with E-state index in [0.717, 1.165) is 12.8 Å². The van der Waals surface area contributed by atoms with E-state index in [2.05, 4.69) is 20.3 Å². The minimum absolute atomic E-state index is 0.104. The summed E-state index contributed by atoms with van der Waals surface area (Å²) in [6, 6.07) is 0. The van der Waals surface area contributed by atoms with Crippen molar-refractivity contribution in [2.45, 2.75) is 33.3 Å². The third-order valence-corrected chi connectivity index (χ3v) is 1.81. The Morgan fingerprint density at radius 3 is 2.75 bits per heavy atom. The minimum Gasteiger partial charge on any atom is -0.439 e. The molecule has 0 aliphatic rings. The van der Waals surface area contributed by atoms with Gasteiger partial charge >= 0.3 is 6.08 Å². The summed E-state index contributed by atoms with van der Waals surface area (Å²) in [5.74, 6) is 1.61. The van der Waals surface area contributed by atoms with E-state index in [1.54, 1.807) is 6.92 Å². The maximum Gasteiger partial charge on any atom is 0.417 e. The van der Waals surface area contributed by atoms with E-state index in [1.807, 2.05) is 6.92 Å². The molecule has 0 N–H and O–H groups in total. The Bertz CT molecular complexity index is 451. The molecule has 2 aromatic rings. The van der Waals surface area contributed by atoms with Crippen molar-refractivity contribution in [3.63, 3.8) is 0 Å². The molecule has 0 fully saturated rings. The SMILES string of the molecule is CCCc1noc(COc2nc(C)no2)n1. The molecule has 2 rings (SSSR count). The molecule has 0 unspecified atom stereocenters. The number of nitrogens with zero attached hydrogens (tertiary/aromatic N) is 4. The van der Waals surface area contributed by atoms with Crippen LogP contribution in [0.1, 0.15) is 30.9 Å². The third-order valence-electron chi connectivity index (χ3n) is 1.81. The summed E-state index contributed by atoms with van der Waals surface area (Å²) in [5, 5.41) is 7.38. The van der Waals surface area contributed by atoms with E-state index in [9.17, 15) is 0 Å². The van der Waals surface area contributed by atoms with Gasteiger partial charge in [-0.3, -0.25) is 4.52 Å². The molecule has 0 saturated carbocycles. The van der Waals surface area contributed by atoms with Crippen LogP contribution in [0.15, 0.2) is 9.05 Å². The second-order valence-electron chi connectivity index (χ2n) is 3.25. The molecule has 7 heteroatoms. The van der Waals surface area contributed by atoms with Gasteiger partial charge in [-0.1, -0.05) is 17.2 Å². The highest BCUT2D eigenvalue weighted by atomic mass is 16.6. The lowest BCUT2D eigenvalue weighted by Crippen LogP contribution is -1.96. The number of aryl methyl sites for hydroxylation is 2. The first kappa shape index (κ1) is 10.6. The van der Waals surface area contributed by atoms with Gasteiger partial charge in [0.15, 0.2) is 18.3 Å². The summed E-state index contributed by atoms with van der Waals surface area (Å²) in [7, 11) is 0. The lowest BCUT2D eigenvalue weighted by molar-refractivity contribution is 0.169. The largest absolute Gasteiger partial charge is 0.439 e. The molecule has 0 aliphatic carbocycles. The molecule has 0 aromatic carbocycles. The second kappa shape index (κ2) is 4.73. The highest BCUT2D eigenvalue weighted by Gasteiger charge is 2.09. The molecular formula is C9H12N4O3. The fraction of sp³-hybridized carbons (Fsp3) is 0.556. The number of hydrogen-bond donors (Lipinski definition) is 0. The molecular weight excluding hydrogens is 212 g/mol. The standard InChI is InChI=1S/C9H12N4O3/c1-3-4-7-11-8(15-13-7)5-14-9-10-6(2)12-16-9/h3-5H2,1-2H3. The van der Waals surface area contributed by atoms with E-state index < -0.39 is 0 Å². The number of ether oxygens (including phenoxy) is 1. The fourth-order valence-electron chi connectivity index (χ4n) is 1.13. The van der Waals surface area contributed by atoms with Gasteiger partial charge < -0.3 is 9.26 Å². The van der Waals surface area contributed by atoms with Gasteiger partial charge in [0.25, 0.3) is 5.89 Å². The van der Waals surface area contributed by atoms with Crippen LogP contribution in [0.4, 0.5) is 0 Å². The molecule has 0 amide bonds. The van der Waals surface area contributed by atoms with E-state index in [-0.39, 0.29) is 12.7 Å². The smallest absolute Gasteiger partial charge is 0.417 e. The predicted octanol–water partition coefficient (Wildman–Crippen LogP) is 1.29. The second-order valence-corrected chi connectivity index (χ2v) is 3.25. The average Bonchev–Trinajstić information content (AvgIpc) is 2.85. The zero-order chi connectivity index (χ0) is 11.4. The van der Waals surface area contributed by atoms with Crippen molar-refractivity contribution >= 4 is 0 Å². The normalized spacial score (nSPS) is 10.6. The van der Waals surface area contributed by atoms with E-state index in [1.165, 1.54) is 0 Å². The Hall–Kier alpha value is -1.92. The van der Waals surface area contributed by atoms with Crippen molar-refractivity contribution in [2.75, 3.05) is 0 Å². The van der Waals surface area contributed by atoms with Crippen molar-refractivity contribution in [3.8, 4) is 6.08 Å². The topological polar surface area (TPSA) is 87.1 Å². The van der Waals surface area contributed by atoms with E-state index in [4.69, 9.17) is 13.8 Å². The molecule has 0 atom stereocenters. The van der Waals surface area contributed by atoms with Crippen LogP contribution in [0.3, 0.4) is 0 Å². The zero-order valence-electron chi connectivity index (χ0n) is 9.13. The first-order valence-corrected chi connectivity index (χ1v) is 5.02. The Morgan fingerprint density at radius 2 is 2.06 bits per heavy atom. The third kappa shape index (κ3) is 2.56. The summed E-state index contributed by atoms with van der Waals surface area (Å²) < 4.78 is 14.9. The predicted molar refractivity (Wildman–Crippen MR) is 51.7 cm³/mol. The van der Waals surface area contributed by atoms with Gasteiger partial charge in [-0.2, -0.15) is 9.97 Å². The van der Waals surface area contributed by atoms with Gasteiger partial charge in [0.05, 0.1) is 0 Å². The van der Waals surface area contributed by atoms with Crippen LogP contribution < -0.4 is 4.74 Å². The van der Waals surface area contributed by atoms with Gasteiger partial charge in [0.1, 0.15) is 0 Å². The molecule has 0 spiro atoms. The first-order chi connectivity index (χ1) is 7.78. The highest BCUT2D eigenvalue weighted by molar-refractivity contribution is 4.89. The number of hydrogen-bond acceptors (Lipinski definition) is 7. The Morgan fingerprint density at radius 1 is 1.19 bits per heavy atom. The van der Waals surface area contributed by atoms with Gasteiger partial charge in [-0.25, -0.2) is 0 Å². The molecule has 7 nitrogen and oxygen atoms in total. The first-order valence-electron chi connectivity index (χ1n) is 5.02. The molecule has 16 heavy (non-hydrogen) atoms. The van der Waals surface area contributed by atoms with Crippen LogP contribution in [0.2, 0.25) is 0 Å². The van der Waals surface area contributed by atoms with Crippen LogP contribution in [0, 0.1) is 6.92 Å². The quantitative estimate of drug-likeness (QED) is 0.756. The zero-order valence-corrected chi connectivity index (χ0v) is 9.13. The van der Waals surface area contributed by atoms with Gasteiger partial charge in [0.2, 0.25) is 0 Å². The van der Waals surface area contributed by atoms with E-state index >= 15 is 0 Å². The molecule has 86 valence electrons. The maximum atomic E-state index is 5.17. The molecule has 2 aromatic heterocycles. The number of aromatic nitrogens is 4. The van der Waals surface area contributed by atoms with Crippen molar-refractivity contribution in [1.82, 2.24) is 20.3 Å². The van der Waals surface area contributed by atoms with Crippen LogP contribution in [0.5, 0.6) is 6.08 Å². The molecule has 0 radical (unpaired) electrons. The summed E-state index contributed by atoms with van der Waals surface area (Å²) in [6.45, 7) is 3.90. The minimum atomic E-state index is 0.104. The van der Waals surface area contributed by atoms with Crippen molar-refractivity contribution in [1.29, 1.82) is 0 Å². The summed E-state index contributed by atoms with van der Waals surface area (Å²) in [5.41, 5.74) is 0. The molecule has 2 heterocycles. The summed E-state index contributed by atoms with van der Waals surface area (Å²) >= 11 is 0. The van der Waals surface area contributed by atoms with Crippen molar-refractivity contribution in [3.05, 3.63) is 17.5 Å². The van der Waals surface area contributed by atoms with Crippen molar-refractivity contribution in [2.24, 2.45) is 0 Å². The molecule has 0 saturated heterocycles. The lowest BCUT2D eigenvalue weighted by Gasteiger charge is -1.93. The van der Waals surface area contributed by atoms with Gasteiger partial charge in [0, 0.05) is 6.42 Å². The summed E-state index contributed by atoms with van der Waals surface area (Å²) in [6.07, 6.45) is 1.87. The molecule has 0 aliphatic heterocycles. The summed E-state index contributed by atoms with van der Waals surface area (Å²) in [4.78, 5) is 8.01. The van der Waals surface area contributed by atoms with Gasteiger partial charge in [-0.05, 0) is 13.3 Å².